The number of aromatic nitrogens is 1. The Morgan fingerprint density at radius 1 is 1.15 bits per heavy atom. The van der Waals surface area contributed by atoms with Crippen LogP contribution in [-0.2, 0) is 17.7 Å². The number of allylic oxidation sites excluding steroid dienone is 2. The lowest BCUT2D eigenvalue weighted by atomic mass is 9.89. The first-order valence-electron chi connectivity index (χ1n) is 15.5. The normalized spacial score (nSPS) is 16.8. The van der Waals surface area contributed by atoms with Crippen LogP contribution in [0.15, 0.2) is 23.8 Å². The average Bonchev–Trinajstić information content (AvgIpc) is 3.30. The Kier molecular flexibility index (Phi) is 18.3. The van der Waals surface area contributed by atoms with Crippen LogP contribution in [0.5, 0.6) is 0 Å². The summed E-state index contributed by atoms with van der Waals surface area (Å²) in [6, 6.07) is 2.10. The largest absolute Gasteiger partial charge is 0.378 e. The van der Waals surface area contributed by atoms with Crippen LogP contribution in [0.1, 0.15) is 127 Å². The van der Waals surface area contributed by atoms with E-state index in [1.807, 2.05) is 40.7 Å². The van der Waals surface area contributed by atoms with Gasteiger partial charge in [-0.15, -0.1) is 12.3 Å². The molecule has 1 aliphatic heterocycles. The van der Waals surface area contributed by atoms with Crippen molar-refractivity contribution in [1.29, 1.82) is 0 Å². The molecule has 1 aliphatic carbocycles. The van der Waals surface area contributed by atoms with Crippen molar-refractivity contribution in [3.05, 3.63) is 40.7 Å². The van der Waals surface area contributed by atoms with Crippen molar-refractivity contribution in [3.8, 4) is 12.3 Å². The highest BCUT2D eigenvalue weighted by atomic mass is 16.5. The first-order valence-corrected chi connectivity index (χ1v) is 15.5. The van der Waals surface area contributed by atoms with Crippen LogP contribution in [0.4, 0.5) is 0 Å². The number of hydrogen-bond donors (Lipinski definition) is 1. The maximum absolute atomic E-state index is 13.2. The van der Waals surface area contributed by atoms with Crippen LogP contribution in [0.25, 0.3) is 6.08 Å². The molecule has 1 saturated carbocycles. The molecule has 1 unspecified atom stereocenters. The van der Waals surface area contributed by atoms with Crippen molar-refractivity contribution < 1.29 is 9.53 Å². The standard InChI is InChI=1S/C25H41N3O2.C7H10.C2H6/c1-4-11-24-23(25(29)26-27-16-9-6-10-17-27)18-22(15-14-20(2)30-3)28(24)19-21-12-7-5-8-13-21;1-4-5-6-7(2)3;1-2/h14-15,18,20-21H,4-13,16-17,19H2,1-3H3,(H,26,29);1,6H,5H2,2-3H3;1-2H3/b15-14+;;. The van der Waals surface area contributed by atoms with Crippen LogP contribution in [0, 0.1) is 18.3 Å². The Hall–Kier alpha value is -2.29. The summed E-state index contributed by atoms with van der Waals surface area (Å²) in [5.41, 5.74) is 7.66. The van der Waals surface area contributed by atoms with Gasteiger partial charge in [-0.05, 0) is 70.9 Å². The number of methoxy groups -OCH3 is 1. The smallest absolute Gasteiger partial charge is 0.267 e. The average molecular weight is 540 g/mol. The van der Waals surface area contributed by atoms with Gasteiger partial charge in [0.1, 0.15) is 0 Å². The number of ether oxygens (including phenoxy) is 1. The number of nitrogens with one attached hydrogen (secondary N) is 1. The lowest BCUT2D eigenvalue weighted by molar-refractivity contribution is 0.0748. The minimum Gasteiger partial charge on any atom is -0.378 e. The van der Waals surface area contributed by atoms with E-state index in [0.29, 0.717) is 5.92 Å². The van der Waals surface area contributed by atoms with Gasteiger partial charge in [0.2, 0.25) is 0 Å². The Balaban J connectivity index is 0.000000735. The highest BCUT2D eigenvalue weighted by Gasteiger charge is 2.23. The maximum atomic E-state index is 13.2. The lowest BCUT2D eigenvalue weighted by Crippen LogP contribution is -2.45. The Morgan fingerprint density at radius 3 is 2.33 bits per heavy atom. The molecule has 1 N–H and O–H groups in total. The van der Waals surface area contributed by atoms with Gasteiger partial charge in [-0.3, -0.25) is 10.2 Å². The number of piperidine rings is 1. The summed E-state index contributed by atoms with van der Waals surface area (Å²) in [7, 11) is 1.73. The number of carbonyl (C=O) groups excluding carboxylic acids is 1. The molecule has 5 heteroatoms. The molecule has 5 nitrogen and oxygen atoms in total. The number of carbonyl (C=O) groups is 1. The highest BCUT2D eigenvalue weighted by Crippen LogP contribution is 2.29. The third-order valence-electron chi connectivity index (χ3n) is 7.29. The molecule has 1 amide bonds. The van der Waals surface area contributed by atoms with Gasteiger partial charge in [-0.25, -0.2) is 5.01 Å². The van der Waals surface area contributed by atoms with E-state index in [4.69, 9.17) is 11.2 Å². The number of rotatable bonds is 10. The summed E-state index contributed by atoms with van der Waals surface area (Å²) in [5, 5.41) is 2.10. The molecule has 2 heterocycles. The molecule has 2 aliphatic rings. The minimum atomic E-state index is 0.0529. The van der Waals surface area contributed by atoms with Gasteiger partial charge < -0.3 is 9.30 Å². The molecule has 0 spiro atoms. The van der Waals surface area contributed by atoms with Crippen LogP contribution in [0.2, 0.25) is 0 Å². The molecule has 0 aromatic carbocycles. The topological polar surface area (TPSA) is 46.5 Å². The predicted molar refractivity (Wildman–Crippen MR) is 168 cm³/mol. The van der Waals surface area contributed by atoms with Gasteiger partial charge >= 0.3 is 0 Å². The second kappa shape index (κ2) is 20.6. The number of amides is 1. The second-order valence-electron chi connectivity index (χ2n) is 10.8. The molecule has 0 bridgehead atoms. The third kappa shape index (κ3) is 13.1. The fourth-order valence-corrected chi connectivity index (χ4v) is 5.08. The van der Waals surface area contributed by atoms with Gasteiger partial charge in [0, 0.05) is 44.6 Å². The van der Waals surface area contributed by atoms with Gasteiger partial charge in [0.15, 0.2) is 0 Å². The van der Waals surface area contributed by atoms with Crippen LogP contribution in [-0.4, -0.2) is 41.8 Å². The number of nitrogens with zero attached hydrogens (tertiary/aromatic N) is 2. The molecule has 1 saturated heterocycles. The fourth-order valence-electron chi connectivity index (χ4n) is 5.08. The quantitative estimate of drug-likeness (QED) is 0.241. The molecule has 0 radical (unpaired) electrons. The van der Waals surface area contributed by atoms with E-state index >= 15 is 0 Å². The summed E-state index contributed by atoms with van der Waals surface area (Å²) in [6.45, 7) is 15.3. The summed E-state index contributed by atoms with van der Waals surface area (Å²) in [5.74, 6) is 3.29. The molecule has 1 atom stereocenters. The summed E-state index contributed by atoms with van der Waals surface area (Å²) in [6.07, 6.45) is 24.3. The van der Waals surface area contributed by atoms with Crippen molar-refractivity contribution in [3.63, 3.8) is 0 Å². The Labute approximate surface area is 240 Å². The van der Waals surface area contributed by atoms with Gasteiger partial charge in [-0.2, -0.15) is 0 Å². The lowest BCUT2D eigenvalue weighted by Gasteiger charge is -2.27. The zero-order chi connectivity index (χ0) is 29.0. The molecule has 3 rings (SSSR count). The van der Waals surface area contributed by atoms with E-state index in [-0.39, 0.29) is 12.0 Å². The summed E-state index contributed by atoms with van der Waals surface area (Å²) < 4.78 is 7.85. The zero-order valence-electron chi connectivity index (χ0n) is 26.2. The van der Waals surface area contributed by atoms with Crippen molar-refractivity contribution in [2.75, 3.05) is 20.2 Å². The van der Waals surface area contributed by atoms with Gasteiger partial charge in [0.25, 0.3) is 5.91 Å². The monoisotopic (exact) mass is 539 g/mol. The molecular formula is C34H57N3O2. The van der Waals surface area contributed by atoms with E-state index in [2.05, 4.69) is 46.1 Å². The maximum Gasteiger partial charge on any atom is 0.267 e. The predicted octanol–water partition coefficient (Wildman–Crippen LogP) is 8.20. The summed E-state index contributed by atoms with van der Waals surface area (Å²) in [4.78, 5) is 13.2. The number of terminal acetylenes is 1. The fraction of sp³-hybridized carbons (Fsp3) is 0.676. The molecule has 39 heavy (non-hydrogen) atoms. The molecule has 1 aromatic heterocycles. The Morgan fingerprint density at radius 2 is 1.79 bits per heavy atom. The third-order valence-corrected chi connectivity index (χ3v) is 7.29. The van der Waals surface area contributed by atoms with Crippen molar-refractivity contribution in [2.45, 2.75) is 125 Å². The van der Waals surface area contributed by atoms with Crippen LogP contribution in [0.3, 0.4) is 0 Å². The van der Waals surface area contributed by atoms with Crippen LogP contribution < -0.4 is 5.43 Å². The summed E-state index contributed by atoms with van der Waals surface area (Å²) >= 11 is 0. The van der Waals surface area contributed by atoms with E-state index in [1.165, 1.54) is 49.8 Å². The van der Waals surface area contributed by atoms with E-state index in [0.717, 1.165) is 63.0 Å². The highest BCUT2D eigenvalue weighted by molar-refractivity contribution is 5.96. The van der Waals surface area contributed by atoms with E-state index in [1.54, 1.807) is 7.11 Å². The molecular weight excluding hydrogens is 482 g/mol. The SMILES string of the molecule is C#CCC=C(C)C.CC.CCCc1c(C(=O)NN2CCCCC2)cc(/C=C/C(C)OC)n1CC1CCCCC1. The number of hydrazine groups is 1. The van der Waals surface area contributed by atoms with Crippen molar-refractivity contribution >= 4 is 12.0 Å². The first-order chi connectivity index (χ1) is 18.9. The second-order valence-corrected chi connectivity index (χ2v) is 10.8. The molecule has 2 fully saturated rings. The van der Waals surface area contributed by atoms with Gasteiger partial charge in [-0.1, -0.05) is 70.6 Å². The van der Waals surface area contributed by atoms with E-state index < -0.39 is 0 Å². The minimum absolute atomic E-state index is 0.0529. The van der Waals surface area contributed by atoms with Gasteiger partial charge in [0.05, 0.1) is 11.7 Å². The van der Waals surface area contributed by atoms with Crippen molar-refractivity contribution in [1.82, 2.24) is 15.0 Å². The van der Waals surface area contributed by atoms with E-state index in [9.17, 15) is 4.79 Å². The zero-order valence-corrected chi connectivity index (χ0v) is 26.2. The van der Waals surface area contributed by atoms with Crippen molar-refractivity contribution in [2.24, 2.45) is 5.92 Å². The van der Waals surface area contributed by atoms with Crippen LogP contribution >= 0.6 is 0 Å². The first kappa shape index (κ1) is 34.7. The molecule has 220 valence electrons. The number of hydrogen-bond acceptors (Lipinski definition) is 3. The Bertz CT molecular complexity index is 906. The molecule has 1 aromatic rings.